The van der Waals surface area contributed by atoms with Crippen molar-refractivity contribution < 1.29 is 0 Å². The van der Waals surface area contributed by atoms with Gasteiger partial charge < -0.3 is 4.90 Å². The van der Waals surface area contributed by atoms with Gasteiger partial charge in [-0.05, 0) is 25.7 Å². The van der Waals surface area contributed by atoms with Crippen molar-refractivity contribution in [1.82, 2.24) is 9.36 Å². The molecule has 2 rings (SSSR count). The summed E-state index contributed by atoms with van der Waals surface area (Å²) in [5, 5.41) is 2.23. The highest BCUT2D eigenvalue weighted by Crippen LogP contribution is 2.30. The summed E-state index contributed by atoms with van der Waals surface area (Å²) in [6.07, 6.45) is 5.12. The number of hydrogen-bond acceptors (Lipinski definition) is 4. The van der Waals surface area contributed by atoms with Crippen LogP contribution in [0.15, 0.2) is 0 Å². The molecule has 1 atom stereocenters. The van der Waals surface area contributed by atoms with Crippen molar-refractivity contribution in [3.05, 3.63) is 5.82 Å². The van der Waals surface area contributed by atoms with Gasteiger partial charge in [0.15, 0.2) is 0 Å². The van der Waals surface area contributed by atoms with Crippen molar-refractivity contribution in [1.29, 1.82) is 0 Å². The van der Waals surface area contributed by atoms with Crippen molar-refractivity contribution >= 4 is 32.6 Å². The third-order valence-corrected chi connectivity index (χ3v) is 4.57. The van der Waals surface area contributed by atoms with Crippen molar-refractivity contribution in [2.24, 2.45) is 0 Å². The van der Waals surface area contributed by atoms with E-state index in [1.54, 1.807) is 11.5 Å². The first kappa shape index (κ1) is 13.3. The van der Waals surface area contributed by atoms with E-state index < -0.39 is 0 Å². The van der Waals surface area contributed by atoms with Gasteiger partial charge in [0.05, 0.1) is 0 Å². The average Bonchev–Trinajstić information content (AvgIpc) is 2.94. The quantitative estimate of drug-likeness (QED) is 0.773. The molecule has 0 aliphatic carbocycles. The lowest BCUT2D eigenvalue weighted by atomic mass is 10.1. The summed E-state index contributed by atoms with van der Waals surface area (Å²) in [7, 11) is 0. The minimum absolute atomic E-state index is 0.434. The van der Waals surface area contributed by atoms with Crippen LogP contribution in [0.4, 0.5) is 5.13 Å². The molecule has 0 bridgehead atoms. The Bertz CT molecular complexity index is 353. The largest absolute Gasteiger partial charge is 0.344 e. The molecule has 1 saturated heterocycles. The summed E-state index contributed by atoms with van der Waals surface area (Å²) < 4.78 is 4.45. The van der Waals surface area contributed by atoms with E-state index in [9.17, 15) is 0 Å². The Morgan fingerprint density at radius 3 is 3.00 bits per heavy atom. The third-order valence-electron chi connectivity index (χ3n) is 3.24. The van der Waals surface area contributed by atoms with Gasteiger partial charge in [-0.15, -0.1) is 0 Å². The van der Waals surface area contributed by atoms with Crippen LogP contribution >= 0.6 is 27.5 Å². The highest BCUT2D eigenvalue weighted by atomic mass is 79.9. The molecular formula is C12H20BrN3S. The number of rotatable bonds is 5. The molecule has 0 radical (unpaired) electrons. The number of hydrogen-bond donors (Lipinski definition) is 0. The van der Waals surface area contributed by atoms with Gasteiger partial charge >= 0.3 is 0 Å². The topological polar surface area (TPSA) is 29.0 Å². The van der Waals surface area contributed by atoms with E-state index in [1.165, 1.54) is 25.7 Å². The Morgan fingerprint density at radius 2 is 2.35 bits per heavy atom. The summed E-state index contributed by atoms with van der Waals surface area (Å²) in [6.45, 7) is 5.45. The molecule has 3 nitrogen and oxygen atoms in total. The van der Waals surface area contributed by atoms with E-state index in [1.807, 2.05) is 0 Å². The normalized spacial score (nSPS) is 20.5. The lowest BCUT2D eigenvalue weighted by Crippen LogP contribution is -2.29. The molecule has 1 aromatic rings. The van der Waals surface area contributed by atoms with Gasteiger partial charge in [0.1, 0.15) is 5.82 Å². The Kier molecular flexibility index (Phi) is 4.79. The van der Waals surface area contributed by atoms with Gasteiger partial charge in [-0.3, -0.25) is 0 Å². The minimum Gasteiger partial charge on any atom is -0.344 e. The minimum atomic E-state index is 0.434. The molecule has 0 amide bonds. The van der Waals surface area contributed by atoms with Gasteiger partial charge in [0.25, 0.3) is 0 Å². The zero-order valence-electron chi connectivity index (χ0n) is 10.5. The molecule has 1 aliphatic heterocycles. The van der Waals surface area contributed by atoms with Crippen molar-refractivity contribution in [2.45, 2.75) is 51.5 Å². The predicted octanol–water partition coefficient (Wildman–Crippen LogP) is 3.81. The van der Waals surface area contributed by atoms with E-state index in [0.717, 1.165) is 22.8 Å². The molecular weight excluding hydrogens is 298 g/mol. The van der Waals surface area contributed by atoms with Crippen LogP contribution in [0.25, 0.3) is 0 Å². The fourth-order valence-corrected chi connectivity index (χ4v) is 3.51. The zero-order chi connectivity index (χ0) is 12.3. The Balaban J connectivity index is 2.03. The maximum atomic E-state index is 4.67. The molecule has 5 heteroatoms. The zero-order valence-corrected chi connectivity index (χ0v) is 12.9. The molecule has 0 aromatic carbocycles. The van der Waals surface area contributed by atoms with Crippen LogP contribution in [-0.4, -0.2) is 27.3 Å². The van der Waals surface area contributed by atoms with Crippen LogP contribution in [0.5, 0.6) is 0 Å². The molecule has 17 heavy (non-hydrogen) atoms. The second-order valence-electron chi connectivity index (χ2n) is 4.91. The van der Waals surface area contributed by atoms with Gasteiger partial charge in [-0.2, -0.15) is 4.37 Å². The van der Waals surface area contributed by atoms with Crippen LogP contribution in [-0.2, 0) is 0 Å². The average molecular weight is 318 g/mol. The molecule has 1 aliphatic rings. The van der Waals surface area contributed by atoms with E-state index in [0.29, 0.717) is 12.0 Å². The maximum absolute atomic E-state index is 4.67. The summed E-state index contributed by atoms with van der Waals surface area (Å²) in [4.78, 5) is 7.14. The summed E-state index contributed by atoms with van der Waals surface area (Å²) in [5.41, 5.74) is 0. The smallest absolute Gasteiger partial charge is 0.205 e. The van der Waals surface area contributed by atoms with Crippen LogP contribution < -0.4 is 4.90 Å². The van der Waals surface area contributed by atoms with Gasteiger partial charge in [-0.1, -0.05) is 29.8 Å². The van der Waals surface area contributed by atoms with Crippen molar-refractivity contribution in [3.8, 4) is 0 Å². The van der Waals surface area contributed by atoms with Crippen molar-refractivity contribution in [3.63, 3.8) is 0 Å². The molecule has 1 aromatic heterocycles. The monoisotopic (exact) mass is 317 g/mol. The maximum Gasteiger partial charge on any atom is 0.205 e. The molecule has 0 saturated carbocycles. The second kappa shape index (κ2) is 6.14. The van der Waals surface area contributed by atoms with Crippen LogP contribution in [0, 0.1) is 0 Å². The Hall–Kier alpha value is -0.160. The summed E-state index contributed by atoms with van der Waals surface area (Å²) in [5.74, 6) is 1.43. The molecule has 1 fully saturated rings. The predicted molar refractivity (Wildman–Crippen MR) is 77.4 cm³/mol. The first-order chi connectivity index (χ1) is 8.22. The Morgan fingerprint density at radius 1 is 1.53 bits per heavy atom. The summed E-state index contributed by atoms with van der Waals surface area (Å²) >= 11 is 5.08. The lowest BCUT2D eigenvalue weighted by molar-refractivity contribution is 0.602. The van der Waals surface area contributed by atoms with Crippen LogP contribution in [0.1, 0.15) is 51.3 Å². The standard InChI is InChI=1S/C12H20BrN3S/c1-9(2)11-14-12(17-15-11)16-8-4-6-10(16)5-3-7-13/h9-10H,3-8H2,1-2H3. The van der Waals surface area contributed by atoms with E-state index in [4.69, 9.17) is 0 Å². The van der Waals surface area contributed by atoms with Crippen molar-refractivity contribution in [2.75, 3.05) is 16.8 Å². The fourth-order valence-electron chi connectivity index (χ4n) is 2.28. The first-order valence-electron chi connectivity index (χ1n) is 6.38. The van der Waals surface area contributed by atoms with Gasteiger partial charge in [0.2, 0.25) is 5.13 Å². The highest BCUT2D eigenvalue weighted by Gasteiger charge is 2.26. The number of halogens is 1. The van der Waals surface area contributed by atoms with E-state index >= 15 is 0 Å². The Labute approximate surface area is 116 Å². The number of aromatic nitrogens is 2. The number of alkyl halides is 1. The van der Waals surface area contributed by atoms with Gasteiger partial charge in [0, 0.05) is 35.4 Å². The van der Waals surface area contributed by atoms with E-state index in [2.05, 4.69) is 44.0 Å². The van der Waals surface area contributed by atoms with Crippen LogP contribution in [0.2, 0.25) is 0 Å². The molecule has 2 heterocycles. The van der Waals surface area contributed by atoms with Gasteiger partial charge in [-0.25, -0.2) is 4.98 Å². The molecule has 1 unspecified atom stereocenters. The van der Waals surface area contributed by atoms with Crippen LogP contribution in [0.3, 0.4) is 0 Å². The number of anilines is 1. The SMILES string of the molecule is CC(C)c1nsc(N2CCCC2CCCBr)n1. The lowest BCUT2D eigenvalue weighted by Gasteiger charge is -2.23. The molecule has 0 N–H and O–H groups in total. The van der Waals surface area contributed by atoms with E-state index in [-0.39, 0.29) is 0 Å². The second-order valence-corrected chi connectivity index (χ2v) is 6.43. The fraction of sp³-hybridized carbons (Fsp3) is 0.833. The third kappa shape index (κ3) is 3.19. The summed E-state index contributed by atoms with van der Waals surface area (Å²) in [6, 6.07) is 0.681. The molecule has 96 valence electrons. The highest BCUT2D eigenvalue weighted by molar-refractivity contribution is 9.09. The first-order valence-corrected chi connectivity index (χ1v) is 8.28. The number of nitrogens with zero attached hydrogens (tertiary/aromatic N) is 3. The molecule has 0 spiro atoms.